The van der Waals surface area contributed by atoms with Gasteiger partial charge in [0.15, 0.2) is 5.82 Å². The van der Waals surface area contributed by atoms with Gasteiger partial charge >= 0.3 is 5.97 Å². The van der Waals surface area contributed by atoms with Gasteiger partial charge in [-0.1, -0.05) is 25.0 Å². The quantitative estimate of drug-likeness (QED) is 0.512. The number of nitrogens with zero attached hydrogens (tertiary/aromatic N) is 4. The maximum atomic E-state index is 11.1. The zero-order valence-corrected chi connectivity index (χ0v) is 16.3. The maximum Gasteiger partial charge on any atom is 0.335 e. The van der Waals surface area contributed by atoms with Crippen molar-refractivity contribution in [3.05, 3.63) is 66.6 Å². The number of carboxylic acids is 1. The number of aromatic nitrogens is 4. The first-order chi connectivity index (χ1) is 14.7. The fourth-order valence-electron chi connectivity index (χ4n) is 3.98. The summed E-state index contributed by atoms with van der Waals surface area (Å²) in [5, 5.41) is 18.3. The van der Waals surface area contributed by atoms with E-state index < -0.39 is 5.97 Å². The van der Waals surface area contributed by atoms with E-state index in [1.54, 1.807) is 41.3 Å². The van der Waals surface area contributed by atoms with Gasteiger partial charge in [0, 0.05) is 22.7 Å². The second-order valence-corrected chi connectivity index (χ2v) is 7.60. The van der Waals surface area contributed by atoms with Crippen LogP contribution >= 0.6 is 0 Å². The highest BCUT2D eigenvalue weighted by molar-refractivity contribution is 5.88. The summed E-state index contributed by atoms with van der Waals surface area (Å²) in [5.41, 5.74) is 3.75. The topological polar surface area (TPSA) is 92.9 Å². The third-order valence-corrected chi connectivity index (χ3v) is 5.56. The number of anilines is 1. The zero-order valence-electron chi connectivity index (χ0n) is 16.3. The minimum atomic E-state index is -0.952. The van der Waals surface area contributed by atoms with Gasteiger partial charge in [-0.3, -0.25) is 4.98 Å². The van der Waals surface area contributed by atoms with Crippen LogP contribution in [0.5, 0.6) is 0 Å². The first kappa shape index (κ1) is 18.3. The summed E-state index contributed by atoms with van der Waals surface area (Å²) < 4.78 is 1.79. The van der Waals surface area contributed by atoms with E-state index in [9.17, 15) is 4.79 Å². The van der Waals surface area contributed by atoms with Gasteiger partial charge in [-0.15, -0.1) is 0 Å². The minimum absolute atomic E-state index is 0.239. The Morgan fingerprint density at radius 1 is 1.03 bits per heavy atom. The Morgan fingerprint density at radius 2 is 1.83 bits per heavy atom. The molecule has 0 spiro atoms. The van der Waals surface area contributed by atoms with Crippen LogP contribution in [0.3, 0.4) is 0 Å². The van der Waals surface area contributed by atoms with Gasteiger partial charge in [0.2, 0.25) is 0 Å². The molecule has 150 valence electrons. The highest BCUT2D eigenvalue weighted by atomic mass is 16.4. The molecule has 0 aliphatic heterocycles. The van der Waals surface area contributed by atoms with Crippen LogP contribution in [0.4, 0.5) is 5.69 Å². The Bertz CT molecular complexity index is 1210. The Morgan fingerprint density at radius 3 is 2.60 bits per heavy atom. The number of hydrogen-bond acceptors (Lipinski definition) is 5. The summed E-state index contributed by atoms with van der Waals surface area (Å²) in [7, 11) is 0. The predicted octanol–water partition coefficient (Wildman–Crippen LogP) is 4.54. The molecule has 7 nitrogen and oxygen atoms in total. The maximum absolute atomic E-state index is 11.1. The summed E-state index contributed by atoms with van der Waals surface area (Å²) >= 11 is 0. The van der Waals surface area contributed by atoms with E-state index in [1.807, 2.05) is 6.20 Å². The average Bonchev–Trinajstić information content (AvgIpc) is 3.43. The van der Waals surface area contributed by atoms with E-state index in [4.69, 9.17) is 10.1 Å². The molecular weight excluding hydrogens is 378 g/mol. The summed E-state index contributed by atoms with van der Waals surface area (Å²) in [6.07, 6.45) is 10.2. The molecule has 0 bridgehead atoms. The molecule has 30 heavy (non-hydrogen) atoms. The molecule has 7 heteroatoms. The van der Waals surface area contributed by atoms with Crippen LogP contribution in [0.2, 0.25) is 0 Å². The summed E-state index contributed by atoms with van der Waals surface area (Å²) in [6, 6.07) is 13.4. The first-order valence-corrected chi connectivity index (χ1v) is 10.1. The van der Waals surface area contributed by atoms with Crippen LogP contribution in [-0.4, -0.2) is 36.9 Å². The fourth-order valence-corrected chi connectivity index (χ4v) is 3.98. The highest BCUT2D eigenvalue weighted by Gasteiger charge is 2.15. The molecule has 2 N–H and O–H groups in total. The molecule has 2 heterocycles. The van der Waals surface area contributed by atoms with Crippen LogP contribution in [-0.2, 0) is 0 Å². The van der Waals surface area contributed by atoms with Crippen LogP contribution in [0.25, 0.3) is 28.0 Å². The summed E-state index contributed by atoms with van der Waals surface area (Å²) in [5.74, 6) is -0.339. The Hall–Kier alpha value is -3.74. The smallest absolute Gasteiger partial charge is 0.335 e. The third-order valence-electron chi connectivity index (χ3n) is 5.56. The van der Waals surface area contributed by atoms with Gasteiger partial charge in [-0.05, 0) is 43.2 Å². The number of rotatable bonds is 5. The number of fused-ring (bicyclic) bond motifs is 1. The molecule has 2 aromatic carbocycles. The van der Waals surface area contributed by atoms with E-state index >= 15 is 0 Å². The average molecular weight is 399 g/mol. The van der Waals surface area contributed by atoms with Gasteiger partial charge in [0.1, 0.15) is 0 Å². The molecule has 1 aliphatic rings. The van der Waals surface area contributed by atoms with Gasteiger partial charge in [-0.2, -0.15) is 5.10 Å². The number of benzene rings is 2. The molecule has 0 unspecified atom stereocenters. The number of aromatic carboxylic acids is 1. The Balaban J connectivity index is 1.49. The van der Waals surface area contributed by atoms with Gasteiger partial charge in [0.25, 0.3) is 0 Å². The van der Waals surface area contributed by atoms with Crippen molar-refractivity contribution in [3.8, 4) is 17.1 Å². The second kappa shape index (κ2) is 7.59. The SMILES string of the molecule is O=C(O)c1ccc(-c2cncc(-n3ncc4ccc(NC5CCCC5)cc43)n2)cc1. The lowest BCUT2D eigenvalue weighted by molar-refractivity contribution is 0.0697. The minimum Gasteiger partial charge on any atom is -0.478 e. The van der Waals surface area contributed by atoms with Crippen LogP contribution in [0.1, 0.15) is 36.0 Å². The van der Waals surface area contributed by atoms with Crippen LogP contribution in [0, 0.1) is 0 Å². The number of carbonyl (C=O) groups is 1. The number of nitrogens with one attached hydrogen (secondary N) is 1. The monoisotopic (exact) mass is 399 g/mol. The molecular formula is C23H21N5O2. The van der Waals surface area contributed by atoms with Crippen molar-refractivity contribution in [2.45, 2.75) is 31.7 Å². The molecule has 0 radical (unpaired) electrons. The van der Waals surface area contributed by atoms with Gasteiger partial charge in [-0.25, -0.2) is 14.5 Å². The van der Waals surface area contributed by atoms with Crippen LogP contribution in [0.15, 0.2) is 61.1 Å². The van der Waals surface area contributed by atoms with Crippen molar-refractivity contribution in [1.29, 1.82) is 0 Å². The van der Waals surface area contributed by atoms with E-state index in [-0.39, 0.29) is 5.56 Å². The van der Waals surface area contributed by atoms with Crippen molar-refractivity contribution in [2.75, 3.05) is 5.32 Å². The lowest BCUT2D eigenvalue weighted by atomic mass is 10.1. The Labute approximate surface area is 173 Å². The molecule has 1 aliphatic carbocycles. The zero-order chi connectivity index (χ0) is 20.5. The standard InChI is InChI=1S/C23H21N5O2/c29-23(30)16-7-5-15(6-8-16)20-13-24-14-22(27-20)28-21-11-19(10-9-17(21)12-25-28)26-18-3-1-2-4-18/h5-14,18,26H,1-4H2,(H,29,30). The largest absolute Gasteiger partial charge is 0.478 e. The third kappa shape index (κ3) is 3.50. The molecule has 2 aromatic heterocycles. The van der Waals surface area contributed by atoms with Crippen molar-refractivity contribution in [3.63, 3.8) is 0 Å². The fraction of sp³-hybridized carbons (Fsp3) is 0.217. The normalized spacial score (nSPS) is 14.3. The molecule has 1 fully saturated rings. The molecule has 5 rings (SSSR count). The van der Waals surface area contributed by atoms with Crippen molar-refractivity contribution in [2.24, 2.45) is 0 Å². The summed E-state index contributed by atoms with van der Waals surface area (Å²) in [6.45, 7) is 0. The van der Waals surface area contributed by atoms with E-state index in [0.717, 1.165) is 22.2 Å². The molecule has 4 aromatic rings. The molecule has 0 saturated heterocycles. The molecule has 0 atom stereocenters. The number of carboxylic acid groups (broad SMARTS) is 1. The lowest BCUT2D eigenvalue weighted by Gasteiger charge is -2.13. The summed E-state index contributed by atoms with van der Waals surface area (Å²) in [4.78, 5) is 20.1. The lowest BCUT2D eigenvalue weighted by Crippen LogP contribution is -2.14. The second-order valence-electron chi connectivity index (χ2n) is 7.60. The molecule has 0 amide bonds. The van der Waals surface area contributed by atoms with E-state index in [0.29, 0.717) is 17.6 Å². The van der Waals surface area contributed by atoms with E-state index in [1.165, 1.54) is 25.7 Å². The number of hydrogen-bond donors (Lipinski definition) is 2. The predicted molar refractivity (Wildman–Crippen MR) is 115 cm³/mol. The van der Waals surface area contributed by atoms with Crippen molar-refractivity contribution in [1.82, 2.24) is 19.7 Å². The van der Waals surface area contributed by atoms with Crippen LogP contribution < -0.4 is 5.32 Å². The van der Waals surface area contributed by atoms with Gasteiger partial charge in [0.05, 0.1) is 35.4 Å². The molecule has 1 saturated carbocycles. The highest BCUT2D eigenvalue weighted by Crippen LogP contribution is 2.26. The van der Waals surface area contributed by atoms with Crippen molar-refractivity contribution < 1.29 is 9.90 Å². The van der Waals surface area contributed by atoms with E-state index in [2.05, 4.69) is 33.6 Å². The Kier molecular flexibility index (Phi) is 4.63. The van der Waals surface area contributed by atoms with Crippen molar-refractivity contribution >= 4 is 22.6 Å². The van der Waals surface area contributed by atoms with Gasteiger partial charge < -0.3 is 10.4 Å². The first-order valence-electron chi connectivity index (χ1n) is 10.1.